The van der Waals surface area contributed by atoms with Crippen molar-refractivity contribution in [3.63, 3.8) is 0 Å². The lowest BCUT2D eigenvalue weighted by molar-refractivity contribution is 0.549. The number of aryl methyl sites for hydroxylation is 2. The monoisotopic (exact) mass is 424 g/mol. The molecule has 1 fully saturated rings. The Labute approximate surface area is 188 Å². The smallest absolute Gasteiger partial charge is 0.174 e. The van der Waals surface area contributed by atoms with E-state index in [9.17, 15) is 0 Å². The maximum absolute atomic E-state index is 5.85. The van der Waals surface area contributed by atoms with Crippen molar-refractivity contribution < 1.29 is 0 Å². The van der Waals surface area contributed by atoms with Gasteiger partial charge in [0.2, 0.25) is 0 Å². The first-order valence-corrected chi connectivity index (χ1v) is 10.8. The van der Waals surface area contributed by atoms with Gasteiger partial charge in [-0.15, -0.1) is 0 Å². The molecule has 2 aromatic carbocycles. The van der Waals surface area contributed by atoms with E-state index < -0.39 is 0 Å². The number of thiocarbonyl (C=S) groups is 1. The van der Waals surface area contributed by atoms with Gasteiger partial charge in [-0.3, -0.25) is 4.98 Å². The molecule has 3 heterocycles. The summed E-state index contributed by atoms with van der Waals surface area (Å²) in [4.78, 5) is 6.88. The van der Waals surface area contributed by atoms with Crippen LogP contribution >= 0.6 is 12.2 Å². The summed E-state index contributed by atoms with van der Waals surface area (Å²) in [6, 6.07) is 27.2. The van der Waals surface area contributed by atoms with E-state index in [2.05, 4.69) is 107 Å². The zero-order valence-corrected chi connectivity index (χ0v) is 18.4. The Morgan fingerprint density at radius 1 is 0.871 bits per heavy atom. The maximum atomic E-state index is 5.85. The third-order valence-electron chi connectivity index (χ3n) is 5.87. The highest BCUT2D eigenvalue weighted by atomic mass is 32.1. The second-order valence-corrected chi connectivity index (χ2v) is 8.31. The van der Waals surface area contributed by atoms with E-state index in [1.165, 1.54) is 16.8 Å². The number of benzene rings is 2. The van der Waals surface area contributed by atoms with Crippen LogP contribution in [-0.4, -0.2) is 14.7 Å². The Morgan fingerprint density at radius 3 is 2.39 bits per heavy atom. The third kappa shape index (κ3) is 3.51. The zero-order valence-electron chi connectivity index (χ0n) is 17.6. The first-order valence-electron chi connectivity index (χ1n) is 10.4. The zero-order chi connectivity index (χ0) is 21.4. The molecular formula is C26H24N4S. The maximum Gasteiger partial charge on any atom is 0.174 e. The summed E-state index contributed by atoms with van der Waals surface area (Å²) in [5.41, 5.74) is 6.83. The minimum absolute atomic E-state index is 0.0419. The quantitative estimate of drug-likeness (QED) is 0.428. The predicted octanol–water partition coefficient (Wildman–Crippen LogP) is 5.67. The number of hydrogen-bond acceptors (Lipinski definition) is 2. The number of nitrogens with zero attached hydrogens (tertiary/aromatic N) is 3. The van der Waals surface area contributed by atoms with Crippen molar-refractivity contribution >= 4 is 23.0 Å². The molecule has 0 saturated carbocycles. The summed E-state index contributed by atoms with van der Waals surface area (Å²) < 4.78 is 2.27. The lowest BCUT2D eigenvalue weighted by atomic mass is 10.0. The van der Waals surface area contributed by atoms with Crippen LogP contribution in [0.25, 0.3) is 5.69 Å². The number of rotatable bonds is 4. The molecule has 5 rings (SSSR count). The topological polar surface area (TPSA) is 33.1 Å². The summed E-state index contributed by atoms with van der Waals surface area (Å²) in [5.74, 6) is 0. The average molecular weight is 425 g/mol. The van der Waals surface area contributed by atoms with E-state index in [0.717, 1.165) is 17.1 Å². The predicted molar refractivity (Wildman–Crippen MR) is 130 cm³/mol. The van der Waals surface area contributed by atoms with E-state index in [1.54, 1.807) is 0 Å². The Kier molecular flexibility index (Phi) is 5.04. The molecule has 1 N–H and O–H groups in total. The number of aromatic nitrogens is 2. The Morgan fingerprint density at radius 2 is 1.65 bits per heavy atom. The van der Waals surface area contributed by atoms with Gasteiger partial charge in [-0.2, -0.15) is 0 Å². The normalized spacial score (nSPS) is 18.3. The summed E-state index contributed by atoms with van der Waals surface area (Å²) in [6.45, 7) is 4.24. The van der Waals surface area contributed by atoms with E-state index in [4.69, 9.17) is 12.2 Å². The largest absolute Gasteiger partial charge is 0.351 e. The van der Waals surface area contributed by atoms with Gasteiger partial charge in [0.05, 0.1) is 11.7 Å². The molecule has 1 aliphatic rings. The molecule has 31 heavy (non-hydrogen) atoms. The molecule has 4 aromatic rings. The van der Waals surface area contributed by atoms with Crippen molar-refractivity contribution in [2.24, 2.45) is 0 Å². The molecule has 154 valence electrons. The molecule has 0 aliphatic carbocycles. The van der Waals surface area contributed by atoms with Crippen molar-refractivity contribution in [1.29, 1.82) is 0 Å². The van der Waals surface area contributed by atoms with E-state index in [1.807, 2.05) is 18.3 Å². The van der Waals surface area contributed by atoms with Gasteiger partial charge in [0.25, 0.3) is 0 Å². The van der Waals surface area contributed by atoms with Crippen LogP contribution in [0.2, 0.25) is 0 Å². The summed E-state index contributed by atoms with van der Waals surface area (Å²) in [7, 11) is 0. The van der Waals surface area contributed by atoms with E-state index in [0.29, 0.717) is 5.11 Å². The van der Waals surface area contributed by atoms with Crippen molar-refractivity contribution in [3.8, 4) is 5.69 Å². The highest BCUT2D eigenvalue weighted by molar-refractivity contribution is 7.80. The second kappa shape index (κ2) is 8.00. The molecule has 0 bridgehead atoms. The average Bonchev–Trinajstić information content (AvgIpc) is 3.39. The molecule has 2 aromatic heterocycles. The fourth-order valence-corrected chi connectivity index (χ4v) is 4.67. The van der Waals surface area contributed by atoms with Gasteiger partial charge in [-0.05, 0) is 74.1 Å². The summed E-state index contributed by atoms with van der Waals surface area (Å²) in [6.07, 6.45) is 3.97. The molecule has 2 atom stereocenters. The fourth-order valence-electron chi connectivity index (χ4n) is 4.33. The van der Waals surface area contributed by atoms with Gasteiger partial charge in [0.15, 0.2) is 5.11 Å². The summed E-state index contributed by atoms with van der Waals surface area (Å²) in [5, 5.41) is 4.26. The number of pyridine rings is 1. The van der Waals surface area contributed by atoms with Gasteiger partial charge in [0.1, 0.15) is 6.04 Å². The standard InChI is InChI=1S/C26H24N4S/c1-18-12-14-20(15-13-18)30-25(24(28-26(30)31)21-9-5-6-16-27-21)23-11-7-17-29(23)22-10-4-3-8-19(22)2/h3-17,24-25H,1-2H3,(H,28,31)/t24-,25+/m1/s1. The number of nitrogens with one attached hydrogen (secondary N) is 1. The number of para-hydroxylation sites is 1. The van der Waals surface area contributed by atoms with Gasteiger partial charge >= 0.3 is 0 Å². The molecule has 5 heteroatoms. The van der Waals surface area contributed by atoms with Crippen LogP contribution in [0.15, 0.2) is 91.3 Å². The van der Waals surface area contributed by atoms with Crippen molar-refractivity contribution in [2.75, 3.05) is 4.90 Å². The fraction of sp³-hybridized carbons (Fsp3) is 0.154. The first kappa shape index (κ1) is 19.5. The Balaban J connectivity index is 1.68. The third-order valence-corrected chi connectivity index (χ3v) is 6.18. The first-order chi connectivity index (χ1) is 15.1. The van der Waals surface area contributed by atoms with Gasteiger partial charge in [-0.25, -0.2) is 0 Å². The van der Waals surface area contributed by atoms with Crippen LogP contribution in [-0.2, 0) is 0 Å². The highest BCUT2D eigenvalue weighted by Gasteiger charge is 2.42. The molecule has 1 saturated heterocycles. The van der Waals surface area contributed by atoms with Gasteiger partial charge < -0.3 is 14.8 Å². The Hall–Kier alpha value is -3.44. The highest BCUT2D eigenvalue weighted by Crippen LogP contribution is 2.42. The van der Waals surface area contributed by atoms with Crippen molar-refractivity contribution in [1.82, 2.24) is 14.9 Å². The van der Waals surface area contributed by atoms with E-state index >= 15 is 0 Å². The van der Waals surface area contributed by atoms with Crippen LogP contribution in [0, 0.1) is 13.8 Å². The summed E-state index contributed by atoms with van der Waals surface area (Å²) >= 11 is 5.85. The van der Waals surface area contributed by atoms with Crippen LogP contribution in [0.5, 0.6) is 0 Å². The lowest BCUT2D eigenvalue weighted by Gasteiger charge is -2.29. The molecule has 1 aliphatic heterocycles. The minimum atomic E-state index is -0.0623. The van der Waals surface area contributed by atoms with Crippen LogP contribution < -0.4 is 10.2 Å². The number of anilines is 1. The molecule has 0 radical (unpaired) electrons. The van der Waals surface area contributed by atoms with Crippen LogP contribution in [0.4, 0.5) is 5.69 Å². The van der Waals surface area contributed by atoms with Crippen molar-refractivity contribution in [3.05, 3.63) is 114 Å². The molecule has 0 unspecified atom stereocenters. The molecule has 0 amide bonds. The van der Waals surface area contributed by atoms with E-state index in [-0.39, 0.29) is 12.1 Å². The Bertz CT molecular complexity index is 1210. The van der Waals surface area contributed by atoms with Crippen LogP contribution in [0.1, 0.15) is 34.6 Å². The van der Waals surface area contributed by atoms with Gasteiger partial charge in [-0.1, -0.05) is 42.0 Å². The SMILES string of the molecule is Cc1ccc(N2C(=S)N[C@H](c3ccccn3)[C@@H]2c2cccn2-c2ccccc2C)cc1. The molecule has 4 nitrogen and oxygen atoms in total. The van der Waals surface area contributed by atoms with Gasteiger partial charge in [0, 0.05) is 29.5 Å². The van der Waals surface area contributed by atoms with Crippen LogP contribution in [0.3, 0.4) is 0 Å². The second-order valence-electron chi connectivity index (χ2n) is 7.92. The molecular weight excluding hydrogens is 400 g/mol. The van der Waals surface area contributed by atoms with Crippen molar-refractivity contribution in [2.45, 2.75) is 25.9 Å². The minimum Gasteiger partial charge on any atom is -0.351 e. The number of hydrogen-bond donors (Lipinski definition) is 1. The molecule has 0 spiro atoms. The lowest BCUT2D eigenvalue weighted by Crippen LogP contribution is -2.30.